The Bertz CT molecular complexity index is 545. The van der Waals surface area contributed by atoms with Gasteiger partial charge in [-0.2, -0.15) is 0 Å². The van der Waals surface area contributed by atoms with Crippen molar-refractivity contribution in [2.45, 2.75) is 25.8 Å². The fourth-order valence-electron chi connectivity index (χ4n) is 2.35. The van der Waals surface area contributed by atoms with Gasteiger partial charge < -0.3 is 15.0 Å². The number of carbonyl (C=O) groups excluding carboxylic acids is 1. The minimum Gasteiger partial charge on any atom is -0.449 e. The lowest BCUT2D eigenvalue weighted by molar-refractivity contribution is 0.0891. The Morgan fingerprint density at radius 1 is 1.59 bits per heavy atom. The Hall–Kier alpha value is -0.850. The molecule has 2 rings (SSSR count). The fraction of sp³-hybridized carbons (Fsp3) is 0.533. The highest BCUT2D eigenvalue weighted by molar-refractivity contribution is 9.10. The van der Waals surface area contributed by atoms with Crippen molar-refractivity contribution in [3.8, 4) is 0 Å². The number of nitrogens with one attached hydrogen (secondary N) is 1. The van der Waals surface area contributed by atoms with Gasteiger partial charge in [0.1, 0.15) is 5.82 Å². The molecule has 1 aromatic carbocycles. The number of benzene rings is 1. The van der Waals surface area contributed by atoms with Gasteiger partial charge in [0.25, 0.3) is 0 Å². The Balaban J connectivity index is 2.06. The van der Waals surface area contributed by atoms with Gasteiger partial charge in [0.15, 0.2) is 0 Å². The summed E-state index contributed by atoms with van der Waals surface area (Å²) in [6, 6.07) is 2.80. The van der Waals surface area contributed by atoms with Crippen LogP contribution in [0.2, 0.25) is 5.02 Å². The highest BCUT2D eigenvalue weighted by atomic mass is 79.9. The number of piperazine rings is 1. The molecule has 1 amide bonds. The molecule has 1 fully saturated rings. The maximum Gasteiger partial charge on any atom is 0.409 e. The number of unbranched alkanes of at least 4 members (excludes halogenated alkanes) is 1. The minimum atomic E-state index is -0.358. The lowest BCUT2D eigenvalue weighted by Crippen LogP contribution is -2.48. The van der Waals surface area contributed by atoms with E-state index in [-0.39, 0.29) is 18.0 Å². The maximum atomic E-state index is 14.3. The molecule has 0 radical (unpaired) electrons. The van der Waals surface area contributed by atoms with Gasteiger partial charge in [0.05, 0.1) is 17.1 Å². The Morgan fingerprint density at radius 2 is 2.36 bits per heavy atom. The van der Waals surface area contributed by atoms with Crippen molar-refractivity contribution in [3.63, 3.8) is 0 Å². The van der Waals surface area contributed by atoms with E-state index in [0.29, 0.717) is 41.3 Å². The zero-order chi connectivity index (χ0) is 16.1. The number of nitrogens with zero attached hydrogens (tertiary/aromatic N) is 1. The van der Waals surface area contributed by atoms with Crippen LogP contribution in [0.4, 0.5) is 9.18 Å². The van der Waals surface area contributed by atoms with Crippen molar-refractivity contribution >= 4 is 33.6 Å². The summed E-state index contributed by atoms with van der Waals surface area (Å²) in [6.07, 6.45) is 1.47. The van der Waals surface area contributed by atoms with Crippen molar-refractivity contribution in [1.82, 2.24) is 10.2 Å². The molecule has 4 nitrogen and oxygen atoms in total. The second-order valence-electron chi connectivity index (χ2n) is 5.21. The van der Waals surface area contributed by atoms with Crippen LogP contribution in [0.5, 0.6) is 0 Å². The van der Waals surface area contributed by atoms with Crippen LogP contribution < -0.4 is 5.32 Å². The molecular formula is C15H19BrClFN2O2. The molecule has 0 aliphatic carbocycles. The van der Waals surface area contributed by atoms with Gasteiger partial charge in [-0.3, -0.25) is 0 Å². The van der Waals surface area contributed by atoms with Gasteiger partial charge in [-0.05, 0) is 34.5 Å². The first-order chi connectivity index (χ1) is 10.5. The molecule has 7 heteroatoms. The second kappa shape index (κ2) is 8.13. The van der Waals surface area contributed by atoms with E-state index in [0.717, 1.165) is 12.8 Å². The standard InChI is InChI=1S/C15H19BrClFN2O2/c1-2-3-6-22-15(21)20-5-4-19-13(9-20)11-7-10(17)8-12(16)14(11)18/h7-8,13,19H,2-6,9H2,1H3. The molecule has 1 atom stereocenters. The number of carbonyl (C=O) groups is 1. The van der Waals surface area contributed by atoms with E-state index in [1.165, 1.54) is 6.07 Å². The largest absolute Gasteiger partial charge is 0.449 e. The van der Waals surface area contributed by atoms with E-state index < -0.39 is 0 Å². The molecule has 122 valence electrons. The average molecular weight is 394 g/mol. The molecule has 1 aromatic rings. The van der Waals surface area contributed by atoms with Crippen LogP contribution in [0.25, 0.3) is 0 Å². The normalized spacial score (nSPS) is 18.4. The van der Waals surface area contributed by atoms with E-state index in [4.69, 9.17) is 16.3 Å². The first-order valence-corrected chi connectivity index (χ1v) is 8.49. The van der Waals surface area contributed by atoms with E-state index in [9.17, 15) is 9.18 Å². The third kappa shape index (κ3) is 4.33. The van der Waals surface area contributed by atoms with E-state index in [2.05, 4.69) is 21.2 Å². The van der Waals surface area contributed by atoms with Crippen molar-refractivity contribution in [2.75, 3.05) is 26.2 Å². The smallest absolute Gasteiger partial charge is 0.409 e. The van der Waals surface area contributed by atoms with Crippen LogP contribution in [0.15, 0.2) is 16.6 Å². The number of hydrogen-bond acceptors (Lipinski definition) is 3. The summed E-state index contributed by atoms with van der Waals surface area (Å²) >= 11 is 9.15. The fourth-order valence-corrected chi connectivity index (χ4v) is 3.18. The van der Waals surface area contributed by atoms with E-state index in [1.807, 2.05) is 6.92 Å². The van der Waals surface area contributed by atoms with Crippen molar-refractivity contribution in [3.05, 3.63) is 33.0 Å². The van der Waals surface area contributed by atoms with E-state index in [1.54, 1.807) is 11.0 Å². The molecule has 1 N–H and O–H groups in total. The molecule has 1 saturated heterocycles. The third-order valence-electron chi connectivity index (χ3n) is 3.55. The molecular weight excluding hydrogens is 375 g/mol. The molecule has 1 heterocycles. The predicted molar refractivity (Wildman–Crippen MR) is 87.7 cm³/mol. The van der Waals surface area contributed by atoms with Crippen LogP contribution in [0.1, 0.15) is 31.4 Å². The summed E-state index contributed by atoms with van der Waals surface area (Å²) in [5.74, 6) is -0.358. The lowest BCUT2D eigenvalue weighted by Gasteiger charge is -2.33. The molecule has 1 aliphatic heterocycles. The maximum absolute atomic E-state index is 14.3. The van der Waals surface area contributed by atoms with Crippen LogP contribution >= 0.6 is 27.5 Å². The van der Waals surface area contributed by atoms with Gasteiger partial charge in [0.2, 0.25) is 0 Å². The first kappa shape index (κ1) is 17.5. The first-order valence-electron chi connectivity index (χ1n) is 7.32. The SMILES string of the molecule is CCCCOC(=O)N1CCNC(c2cc(Cl)cc(Br)c2F)C1. The summed E-state index contributed by atoms with van der Waals surface area (Å²) in [7, 11) is 0. The highest BCUT2D eigenvalue weighted by Crippen LogP contribution is 2.29. The van der Waals surface area contributed by atoms with Gasteiger partial charge in [-0.25, -0.2) is 9.18 Å². The number of hydrogen-bond donors (Lipinski definition) is 1. The quantitative estimate of drug-likeness (QED) is 0.618. The molecule has 22 heavy (non-hydrogen) atoms. The molecule has 1 unspecified atom stereocenters. The summed E-state index contributed by atoms with van der Waals surface area (Å²) in [6.45, 7) is 3.94. The lowest BCUT2D eigenvalue weighted by atomic mass is 10.0. The van der Waals surface area contributed by atoms with Gasteiger partial charge in [-0.15, -0.1) is 0 Å². The Morgan fingerprint density at radius 3 is 3.09 bits per heavy atom. The van der Waals surface area contributed by atoms with Crippen molar-refractivity contribution < 1.29 is 13.9 Å². The monoisotopic (exact) mass is 392 g/mol. The zero-order valence-electron chi connectivity index (χ0n) is 12.4. The van der Waals surface area contributed by atoms with Gasteiger partial charge in [0, 0.05) is 30.2 Å². The number of amides is 1. The molecule has 0 bridgehead atoms. The minimum absolute atomic E-state index is 0.303. The van der Waals surface area contributed by atoms with Crippen LogP contribution in [-0.4, -0.2) is 37.2 Å². The van der Waals surface area contributed by atoms with E-state index >= 15 is 0 Å². The molecule has 1 aliphatic rings. The van der Waals surface area contributed by atoms with Gasteiger partial charge >= 0.3 is 6.09 Å². The third-order valence-corrected chi connectivity index (χ3v) is 4.35. The van der Waals surface area contributed by atoms with Crippen molar-refractivity contribution in [2.24, 2.45) is 0 Å². The Kier molecular flexibility index (Phi) is 6.47. The molecule has 0 saturated carbocycles. The molecule has 0 spiro atoms. The van der Waals surface area contributed by atoms with Crippen LogP contribution in [0.3, 0.4) is 0 Å². The van der Waals surface area contributed by atoms with Gasteiger partial charge in [-0.1, -0.05) is 24.9 Å². The molecule has 0 aromatic heterocycles. The predicted octanol–water partition coefficient (Wildman–Crippen LogP) is 4.12. The van der Waals surface area contributed by atoms with Crippen molar-refractivity contribution in [1.29, 1.82) is 0 Å². The summed E-state index contributed by atoms with van der Waals surface area (Å²) < 4.78 is 19.8. The number of rotatable bonds is 4. The number of ether oxygens (including phenoxy) is 1. The highest BCUT2D eigenvalue weighted by Gasteiger charge is 2.27. The van der Waals surface area contributed by atoms with Crippen LogP contribution in [-0.2, 0) is 4.74 Å². The summed E-state index contributed by atoms with van der Waals surface area (Å²) in [5.41, 5.74) is 0.449. The summed E-state index contributed by atoms with van der Waals surface area (Å²) in [5, 5.41) is 3.67. The second-order valence-corrected chi connectivity index (χ2v) is 6.50. The Labute approximate surface area is 143 Å². The van der Waals surface area contributed by atoms with Crippen LogP contribution in [0, 0.1) is 5.82 Å². The zero-order valence-corrected chi connectivity index (χ0v) is 14.7. The number of halogens is 3. The summed E-state index contributed by atoms with van der Waals surface area (Å²) in [4.78, 5) is 13.6. The topological polar surface area (TPSA) is 41.6 Å². The average Bonchev–Trinajstić information content (AvgIpc) is 2.51.